The van der Waals surface area contributed by atoms with E-state index in [0.717, 1.165) is 23.5 Å². The maximum Gasteiger partial charge on any atom is 0.448 e. The highest BCUT2D eigenvalue weighted by atomic mass is 32.3. The monoisotopic (exact) mass is 317 g/mol. The molecule has 0 aromatic rings. The third-order valence-electron chi connectivity index (χ3n) is 3.72. The fourth-order valence-electron chi connectivity index (χ4n) is 2.75. The molecule has 8 nitrogen and oxygen atoms in total. The summed E-state index contributed by atoms with van der Waals surface area (Å²) in [7, 11) is -4.85. The zero-order chi connectivity index (χ0) is 15.6. The van der Waals surface area contributed by atoms with Gasteiger partial charge in [0.15, 0.2) is 0 Å². The maximum absolute atomic E-state index is 11.8. The summed E-state index contributed by atoms with van der Waals surface area (Å²) in [5.41, 5.74) is 0. The van der Waals surface area contributed by atoms with Crippen molar-refractivity contribution in [3.63, 3.8) is 0 Å². The van der Waals surface area contributed by atoms with Crippen molar-refractivity contribution in [1.82, 2.24) is 4.90 Å². The van der Waals surface area contributed by atoms with Crippen molar-refractivity contribution in [1.29, 1.82) is 0 Å². The van der Waals surface area contributed by atoms with Gasteiger partial charge in [0.1, 0.15) is 0 Å². The lowest BCUT2D eigenvalue weighted by Crippen LogP contribution is -2.41. The van der Waals surface area contributed by atoms with Crippen LogP contribution in [0.25, 0.3) is 0 Å². The largest absolute Gasteiger partial charge is 0.448 e. The Labute approximate surface area is 121 Å². The van der Waals surface area contributed by atoms with Gasteiger partial charge in [0.05, 0.1) is 5.92 Å². The average molecular weight is 317 g/mol. The molecule has 2 atom stereocenters. The van der Waals surface area contributed by atoms with Crippen molar-refractivity contribution < 1.29 is 31.5 Å². The Morgan fingerprint density at radius 1 is 1.24 bits per heavy atom. The van der Waals surface area contributed by atoms with E-state index >= 15 is 0 Å². The Hall–Kier alpha value is -1.74. The second-order valence-electron chi connectivity index (χ2n) is 5.10. The van der Waals surface area contributed by atoms with Crippen molar-refractivity contribution in [3.05, 3.63) is 12.2 Å². The second-order valence-corrected chi connectivity index (χ2v) is 6.12. The first-order chi connectivity index (χ1) is 9.78. The molecule has 2 aliphatic rings. The van der Waals surface area contributed by atoms with Gasteiger partial charge in [-0.25, -0.2) is 0 Å². The SMILES string of the molecule is O=C(OS(=O)(=O)O)C1CCCCC1CN1C(=O)C=CC1=O. The van der Waals surface area contributed by atoms with E-state index in [0.29, 0.717) is 19.3 Å². The van der Waals surface area contributed by atoms with E-state index in [-0.39, 0.29) is 12.5 Å². The zero-order valence-electron chi connectivity index (χ0n) is 11.1. The molecular formula is C12H15NO7S. The molecule has 0 radical (unpaired) electrons. The van der Waals surface area contributed by atoms with Gasteiger partial charge >= 0.3 is 16.4 Å². The molecule has 21 heavy (non-hydrogen) atoms. The van der Waals surface area contributed by atoms with E-state index < -0.39 is 34.1 Å². The molecule has 2 amide bonds. The minimum Gasteiger partial charge on any atom is -0.325 e. The molecule has 1 heterocycles. The molecule has 116 valence electrons. The van der Waals surface area contributed by atoms with E-state index in [9.17, 15) is 22.8 Å². The Morgan fingerprint density at radius 2 is 1.81 bits per heavy atom. The Kier molecular flexibility index (Phi) is 4.43. The van der Waals surface area contributed by atoms with Crippen LogP contribution in [0.4, 0.5) is 0 Å². The second kappa shape index (κ2) is 5.94. The lowest BCUT2D eigenvalue weighted by atomic mass is 9.79. The summed E-state index contributed by atoms with van der Waals surface area (Å²) in [6, 6.07) is 0. The molecular weight excluding hydrogens is 302 g/mol. The first kappa shape index (κ1) is 15.6. The first-order valence-electron chi connectivity index (χ1n) is 6.52. The lowest BCUT2D eigenvalue weighted by molar-refractivity contribution is -0.145. The fourth-order valence-corrected chi connectivity index (χ4v) is 3.08. The van der Waals surface area contributed by atoms with Crippen molar-refractivity contribution in [2.24, 2.45) is 11.8 Å². The molecule has 0 bridgehead atoms. The first-order valence-corrected chi connectivity index (χ1v) is 7.89. The summed E-state index contributed by atoms with van der Waals surface area (Å²) in [6.07, 6.45) is 4.78. The normalized spacial score (nSPS) is 26.2. The molecule has 0 spiro atoms. The van der Waals surface area contributed by atoms with Crippen LogP contribution in [0, 0.1) is 11.8 Å². The third kappa shape index (κ3) is 3.88. The van der Waals surface area contributed by atoms with Crippen LogP contribution >= 0.6 is 0 Å². The summed E-state index contributed by atoms with van der Waals surface area (Å²) in [5.74, 6) is -3.09. The molecule has 2 unspecified atom stereocenters. The van der Waals surface area contributed by atoms with Crippen LogP contribution in [0.5, 0.6) is 0 Å². The van der Waals surface area contributed by atoms with Crippen LogP contribution in [0.1, 0.15) is 25.7 Å². The van der Waals surface area contributed by atoms with E-state index in [4.69, 9.17) is 4.55 Å². The zero-order valence-corrected chi connectivity index (χ0v) is 11.9. The summed E-state index contributed by atoms with van der Waals surface area (Å²) < 4.78 is 33.8. The number of carbonyl (C=O) groups is 3. The Morgan fingerprint density at radius 3 is 2.38 bits per heavy atom. The maximum atomic E-state index is 11.8. The van der Waals surface area contributed by atoms with Crippen LogP contribution in [-0.2, 0) is 29.0 Å². The van der Waals surface area contributed by atoms with Crippen molar-refractivity contribution >= 4 is 28.2 Å². The highest BCUT2D eigenvalue weighted by Crippen LogP contribution is 2.32. The molecule has 9 heteroatoms. The van der Waals surface area contributed by atoms with Crippen LogP contribution < -0.4 is 0 Å². The molecule has 2 rings (SSSR count). The van der Waals surface area contributed by atoms with Gasteiger partial charge < -0.3 is 4.18 Å². The van der Waals surface area contributed by atoms with Crippen molar-refractivity contribution in [2.75, 3.05) is 6.54 Å². The Bertz CT molecular complexity index is 577. The molecule has 1 saturated carbocycles. The van der Waals surface area contributed by atoms with Gasteiger partial charge in [-0.15, -0.1) is 0 Å². The van der Waals surface area contributed by atoms with Gasteiger partial charge in [-0.3, -0.25) is 23.8 Å². The van der Waals surface area contributed by atoms with E-state index in [1.165, 1.54) is 0 Å². The minimum atomic E-state index is -4.85. The van der Waals surface area contributed by atoms with Gasteiger partial charge in [-0.1, -0.05) is 12.8 Å². The standard InChI is InChI=1S/C12H15NO7S/c14-10-5-6-11(15)13(10)7-8-3-1-2-4-9(8)12(16)20-21(17,18)19/h5-6,8-9H,1-4,7H2,(H,17,18,19). The molecule has 1 aliphatic carbocycles. The molecule has 0 aromatic heterocycles. The number of amides is 2. The van der Waals surface area contributed by atoms with Crippen molar-refractivity contribution in [3.8, 4) is 0 Å². The third-order valence-corrected chi connectivity index (χ3v) is 4.09. The van der Waals surface area contributed by atoms with Crippen LogP contribution in [0.2, 0.25) is 0 Å². The fraction of sp³-hybridized carbons (Fsp3) is 0.583. The number of hydrogen-bond donors (Lipinski definition) is 1. The van der Waals surface area contributed by atoms with E-state index in [1.807, 2.05) is 0 Å². The quantitative estimate of drug-likeness (QED) is 0.575. The van der Waals surface area contributed by atoms with E-state index in [1.54, 1.807) is 0 Å². The van der Waals surface area contributed by atoms with Crippen molar-refractivity contribution in [2.45, 2.75) is 25.7 Å². The molecule has 1 aliphatic heterocycles. The highest BCUT2D eigenvalue weighted by molar-refractivity contribution is 7.81. The highest BCUT2D eigenvalue weighted by Gasteiger charge is 2.37. The molecule has 0 saturated heterocycles. The van der Waals surface area contributed by atoms with E-state index in [2.05, 4.69) is 4.18 Å². The summed E-state index contributed by atoms with van der Waals surface area (Å²) >= 11 is 0. The molecule has 1 fully saturated rings. The minimum absolute atomic E-state index is 0.0376. The van der Waals surface area contributed by atoms with Gasteiger partial charge in [-0.2, -0.15) is 8.42 Å². The lowest BCUT2D eigenvalue weighted by Gasteiger charge is -2.31. The van der Waals surface area contributed by atoms with Gasteiger partial charge in [0.25, 0.3) is 11.8 Å². The average Bonchev–Trinajstić information content (AvgIpc) is 2.69. The number of hydrogen-bond acceptors (Lipinski definition) is 6. The molecule has 1 N–H and O–H groups in total. The van der Waals surface area contributed by atoms with Crippen LogP contribution in [0.15, 0.2) is 12.2 Å². The topological polar surface area (TPSA) is 118 Å². The van der Waals surface area contributed by atoms with Gasteiger partial charge in [0.2, 0.25) is 0 Å². The summed E-state index contributed by atoms with van der Waals surface area (Å²) in [5, 5.41) is 0. The predicted molar refractivity (Wildman–Crippen MR) is 68.9 cm³/mol. The van der Waals surface area contributed by atoms with Crippen LogP contribution in [0.3, 0.4) is 0 Å². The molecule has 0 aromatic carbocycles. The summed E-state index contributed by atoms with van der Waals surface area (Å²) in [4.78, 5) is 35.9. The summed E-state index contributed by atoms with van der Waals surface area (Å²) in [6.45, 7) is 0.0376. The van der Waals surface area contributed by atoms with Gasteiger partial charge in [-0.05, 0) is 18.8 Å². The van der Waals surface area contributed by atoms with Crippen LogP contribution in [-0.4, -0.2) is 42.2 Å². The number of nitrogens with zero attached hydrogens (tertiary/aromatic N) is 1. The smallest absolute Gasteiger partial charge is 0.325 e. The Balaban J connectivity index is 2.07. The number of imide groups is 1. The predicted octanol–water partition coefficient (Wildman–Crippen LogP) is 0.0638. The number of rotatable bonds is 4. The number of carbonyl (C=O) groups excluding carboxylic acids is 3. The van der Waals surface area contributed by atoms with Gasteiger partial charge in [0, 0.05) is 18.7 Å².